The molecule has 7 heteroatoms. The molecule has 3 aromatic heterocycles. The molecule has 1 unspecified atom stereocenters. The molecule has 0 bridgehead atoms. The van der Waals surface area contributed by atoms with Crippen molar-refractivity contribution in [2.75, 3.05) is 23.7 Å². The number of anilines is 2. The molecule has 1 atom stereocenters. The summed E-state index contributed by atoms with van der Waals surface area (Å²) in [5.41, 5.74) is 9.78. The number of para-hydroxylation sites is 1. The van der Waals surface area contributed by atoms with E-state index in [1.165, 1.54) is 0 Å². The van der Waals surface area contributed by atoms with Crippen LogP contribution in [0.4, 0.5) is 11.6 Å². The van der Waals surface area contributed by atoms with Gasteiger partial charge in [-0.1, -0.05) is 18.2 Å². The highest BCUT2D eigenvalue weighted by Crippen LogP contribution is 2.30. The summed E-state index contributed by atoms with van der Waals surface area (Å²) in [5, 5.41) is 5.49. The van der Waals surface area contributed by atoms with Crippen molar-refractivity contribution in [3.63, 3.8) is 0 Å². The second-order valence-corrected chi connectivity index (χ2v) is 7.25. The summed E-state index contributed by atoms with van der Waals surface area (Å²) in [5.74, 6) is 1.75. The van der Waals surface area contributed by atoms with Crippen LogP contribution in [0.3, 0.4) is 0 Å². The van der Waals surface area contributed by atoms with E-state index < -0.39 is 0 Å². The third kappa shape index (κ3) is 2.76. The van der Waals surface area contributed by atoms with E-state index in [0.29, 0.717) is 23.8 Å². The molecule has 0 amide bonds. The van der Waals surface area contributed by atoms with Crippen LogP contribution < -0.4 is 10.6 Å². The fourth-order valence-corrected chi connectivity index (χ4v) is 3.93. The van der Waals surface area contributed by atoms with Crippen LogP contribution in [-0.2, 0) is 4.79 Å². The maximum atomic E-state index is 10.8. The van der Waals surface area contributed by atoms with E-state index >= 15 is 0 Å². The van der Waals surface area contributed by atoms with E-state index in [1.807, 2.05) is 36.5 Å². The van der Waals surface area contributed by atoms with Crippen LogP contribution in [-0.4, -0.2) is 39.0 Å². The zero-order valence-electron chi connectivity index (χ0n) is 15.3. The average molecular weight is 372 g/mol. The summed E-state index contributed by atoms with van der Waals surface area (Å²) in [6.45, 7) is 1.70. The number of hydrogen-bond acceptors (Lipinski definition) is 6. The molecule has 4 heterocycles. The zero-order valence-corrected chi connectivity index (χ0v) is 15.3. The Bertz CT molecular complexity index is 1180. The lowest BCUT2D eigenvalue weighted by molar-refractivity contribution is -0.108. The van der Waals surface area contributed by atoms with Gasteiger partial charge in [-0.05, 0) is 24.5 Å². The molecule has 140 valence electrons. The molecule has 2 N–H and O–H groups in total. The third-order valence-corrected chi connectivity index (χ3v) is 5.43. The fraction of sp³-hybridized carbons (Fsp3) is 0.238. The fourth-order valence-electron chi connectivity index (χ4n) is 3.93. The van der Waals surface area contributed by atoms with Crippen molar-refractivity contribution in [1.29, 1.82) is 0 Å². The van der Waals surface area contributed by atoms with Gasteiger partial charge in [-0.2, -0.15) is 9.61 Å². The van der Waals surface area contributed by atoms with Crippen LogP contribution in [0, 0.1) is 5.92 Å². The molecule has 1 aliphatic heterocycles. The Labute approximate surface area is 161 Å². The van der Waals surface area contributed by atoms with Crippen molar-refractivity contribution in [3.05, 3.63) is 48.8 Å². The van der Waals surface area contributed by atoms with Gasteiger partial charge >= 0.3 is 0 Å². The summed E-state index contributed by atoms with van der Waals surface area (Å²) < 4.78 is 1.66. The summed E-state index contributed by atoms with van der Waals surface area (Å²) in [4.78, 5) is 22.4. The van der Waals surface area contributed by atoms with Crippen molar-refractivity contribution in [3.8, 4) is 11.1 Å². The third-order valence-electron chi connectivity index (χ3n) is 5.43. The molecule has 0 spiro atoms. The van der Waals surface area contributed by atoms with Crippen LogP contribution >= 0.6 is 0 Å². The molecule has 1 fully saturated rings. The molecule has 0 radical (unpaired) electrons. The first-order chi connectivity index (χ1) is 13.7. The molecule has 4 aromatic rings. The van der Waals surface area contributed by atoms with Gasteiger partial charge in [0.1, 0.15) is 17.9 Å². The number of nitrogen functional groups attached to an aromatic ring is 1. The predicted octanol–water partition coefficient (Wildman–Crippen LogP) is 2.94. The average Bonchev–Trinajstić information content (AvgIpc) is 3.35. The monoisotopic (exact) mass is 372 g/mol. The number of aromatic nitrogens is 4. The van der Waals surface area contributed by atoms with Gasteiger partial charge in [0.15, 0.2) is 5.65 Å². The quantitative estimate of drug-likeness (QED) is 0.554. The summed E-state index contributed by atoms with van der Waals surface area (Å²) in [6.07, 6.45) is 6.22. The molecule has 0 aliphatic carbocycles. The first-order valence-electron chi connectivity index (χ1n) is 9.41. The van der Waals surface area contributed by atoms with Crippen LogP contribution in [0.2, 0.25) is 0 Å². The minimum absolute atomic E-state index is 0.380. The topological polar surface area (TPSA) is 89.4 Å². The Kier molecular flexibility index (Phi) is 3.93. The highest BCUT2D eigenvalue weighted by Gasteiger charge is 2.24. The second kappa shape index (κ2) is 6.60. The largest absolute Gasteiger partial charge is 0.383 e. The molecule has 5 rings (SSSR count). The minimum Gasteiger partial charge on any atom is -0.383 e. The summed E-state index contributed by atoms with van der Waals surface area (Å²) in [6, 6.07) is 12.0. The van der Waals surface area contributed by atoms with Crippen LogP contribution in [0.25, 0.3) is 27.7 Å². The van der Waals surface area contributed by atoms with Gasteiger partial charge in [0.25, 0.3) is 0 Å². The van der Waals surface area contributed by atoms with E-state index in [1.54, 1.807) is 10.7 Å². The molecular weight excluding hydrogens is 352 g/mol. The van der Waals surface area contributed by atoms with E-state index in [9.17, 15) is 4.79 Å². The lowest BCUT2D eigenvalue weighted by Crippen LogP contribution is -2.21. The number of carbonyl (C=O) groups excluding carboxylic acids is 1. The van der Waals surface area contributed by atoms with Gasteiger partial charge in [-0.3, -0.25) is 4.98 Å². The van der Waals surface area contributed by atoms with Gasteiger partial charge < -0.3 is 15.4 Å². The highest BCUT2D eigenvalue weighted by atomic mass is 16.1. The Morgan fingerprint density at radius 1 is 1.21 bits per heavy atom. The molecule has 0 saturated carbocycles. The Morgan fingerprint density at radius 2 is 2.11 bits per heavy atom. The van der Waals surface area contributed by atoms with E-state index in [0.717, 1.165) is 53.6 Å². The lowest BCUT2D eigenvalue weighted by atomic mass is 10.1. The van der Waals surface area contributed by atoms with Gasteiger partial charge in [-0.25, -0.2) is 4.98 Å². The number of nitrogens with two attached hydrogens (primary N) is 1. The Balaban J connectivity index is 1.58. The zero-order chi connectivity index (χ0) is 19.1. The number of aldehydes is 1. The first kappa shape index (κ1) is 16.7. The van der Waals surface area contributed by atoms with Crippen molar-refractivity contribution < 1.29 is 4.79 Å². The number of pyridine rings is 1. The lowest BCUT2D eigenvalue weighted by Gasteiger charge is -2.18. The molecule has 28 heavy (non-hydrogen) atoms. The van der Waals surface area contributed by atoms with Crippen molar-refractivity contribution in [2.24, 2.45) is 5.92 Å². The van der Waals surface area contributed by atoms with Crippen molar-refractivity contribution in [1.82, 2.24) is 19.6 Å². The van der Waals surface area contributed by atoms with Crippen LogP contribution in [0.5, 0.6) is 0 Å². The predicted molar refractivity (Wildman–Crippen MR) is 109 cm³/mol. The smallest absolute Gasteiger partial charge is 0.167 e. The van der Waals surface area contributed by atoms with Gasteiger partial charge in [0, 0.05) is 48.3 Å². The molecule has 1 aromatic carbocycles. The van der Waals surface area contributed by atoms with Gasteiger partial charge in [-0.15, -0.1) is 0 Å². The molecular formula is C21H20N6O. The van der Waals surface area contributed by atoms with Crippen molar-refractivity contribution >= 4 is 34.5 Å². The molecule has 1 saturated heterocycles. The summed E-state index contributed by atoms with van der Waals surface area (Å²) in [7, 11) is 0. The number of benzene rings is 1. The number of nitrogens with zero attached hydrogens (tertiary/aromatic N) is 5. The van der Waals surface area contributed by atoms with Gasteiger partial charge in [0.05, 0.1) is 11.7 Å². The van der Waals surface area contributed by atoms with Crippen molar-refractivity contribution in [2.45, 2.75) is 12.8 Å². The maximum absolute atomic E-state index is 10.8. The van der Waals surface area contributed by atoms with Gasteiger partial charge in [0.2, 0.25) is 0 Å². The minimum atomic E-state index is 0.380. The van der Waals surface area contributed by atoms with E-state index in [-0.39, 0.29) is 0 Å². The SMILES string of the molecule is Nc1cc(N2CCC(CC=O)C2)nc2c(-c3cnc4ccccc4c3)cnn12. The first-order valence-corrected chi connectivity index (χ1v) is 9.41. The van der Waals surface area contributed by atoms with Crippen LogP contribution in [0.1, 0.15) is 12.8 Å². The number of rotatable bonds is 4. The Morgan fingerprint density at radius 3 is 3.00 bits per heavy atom. The maximum Gasteiger partial charge on any atom is 0.167 e. The van der Waals surface area contributed by atoms with E-state index in [4.69, 9.17) is 10.7 Å². The molecule has 7 nitrogen and oxygen atoms in total. The number of carbonyl (C=O) groups is 1. The number of fused-ring (bicyclic) bond motifs is 2. The normalized spacial score (nSPS) is 16.9. The Hall–Kier alpha value is -3.48. The highest BCUT2D eigenvalue weighted by molar-refractivity contribution is 5.87. The summed E-state index contributed by atoms with van der Waals surface area (Å²) >= 11 is 0. The standard InChI is InChI=1S/C21H20N6O/c22-19-10-20(26-7-5-14(13-26)6-8-28)25-21-17(12-24-27(19)21)16-9-15-3-1-2-4-18(15)23-11-16/h1-4,8-12,14H,5-7,13,22H2. The molecule has 1 aliphatic rings. The second-order valence-electron chi connectivity index (χ2n) is 7.25. The number of hydrogen-bond donors (Lipinski definition) is 1. The van der Waals surface area contributed by atoms with E-state index in [2.05, 4.69) is 21.0 Å². The van der Waals surface area contributed by atoms with Crippen LogP contribution in [0.15, 0.2) is 48.8 Å².